The van der Waals surface area contributed by atoms with Crippen molar-refractivity contribution in [3.8, 4) is 0 Å². The summed E-state index contributed by atoms with van der Waals surface area (Å²) in [6.45, 7) is 7.17. The molecule has 1 aliphatic heterocycles. The van der Waals surface area contributed by atoms with Crippen LogP contribution in [0.25, 0.3) is 0 Å². The SMILES string of the molecule is CCNC(C)C1CCCN(c2ncc[nH]c2=O)C1. The number of nitrogens with zero attached hydrogens (tertiary/aromatic N) is 2. The highest BCUT2D eigenvalue weighted by atomic mass is 16.1. The lowest BCUT2D eigenvalue weighted by Crippen LogP contribution is -2.46. The molecular formula is C13H22N4O. The van der Waals surface area contributed by atoms with Gasteiger partial charge in [0.25, 0.3) is 5.56 Å². The van der Waals surface area contributed by atoms with E-state index in [1.54, 1.807) is 12.4 Å². The molecule has 1 aromatic rings. The fraction of sp³-hybridized carbons (Fsp3) is 0.692. The van der Waals surface area contributed by atoms with Crippen molar-refractivity contribution in [3.63, 3.8) is 0 Å². The summed E-state index contributed by atoms with van der Waals surface area (Å²) >= 11 is 0. The van der Waals surface area contributed by atoms with Crippen molar-refractivity contribution >= 4 is 5.82 Å². The highest BCUT2D eigenvalue weighted by Gasteiger charge is 2.25. The Hall–Kier alpha value is -1.36. The number of H-pyrrole nitrogens is 1. The van der Waals surface area contributed by atoms with Crippen LogP contribution in [0.2, 0.25) is 0 Å². The van der Waals surface area contributed by atoms with Gasteiger partial charge in [-0.05, 0) is 32.2 Å². The topological polar surface area (TPSA) is 61.0 Å². The van der Waals surface area contributed by atoms with Gasteiger partial charge in [0.2, 0.25) is 0 Å². The van der Waals surface area contributed by atoms with Crippen molar-refractivity contribution in [2.75, 3.05) is 24.5 Å². The van der Waals surface area contributed by atoms with Gasteiger partial charge in [-0.2, -0.15) is 0 Å². The molecule has 18 heavy (non-hydrogen) atoms. The molecule has 0 aromatic carbocycles. The first-order valence-electron chi connectivity index (χ1n) is 6.74. The molecule has 0 amide bonds. The van der Waals surface area contributed by atoms with Crippen LogP contribution in [0.4, 0.5) is 5.82 Å². The lowest BCUT2D eigenvalue weighted by molar-refractivity contribution is 0.323. The lowest BCUT2D eigenvalue weighted by atomic mass is 9.91. The van der Waals surface area contributed by atoms with E-state index in [-0.39, 0.29) is 5.56 Å². The molecule has 1 aromatic heterocycles. The average molecular weight is 250 g/mol. The monoisotopic (exact) mass is 250 g/mol. The first-order valence-corrected chi connectivity index (χ1v) is 6.74. The smallest absolute Gasteiger partial charge is 0.290 e. The minimum absolute atomic E-state index is 0.0887. The maximum absolute atomic E-state index is 11.7. The molecule has 1 aliphatic rings. The molecule has 100 valence electrons. The molecule has 2 heterocycles. The lowest BCUT2D eigenvalue weighted by Gasteiger charge is -2.36. The zero-order valence-electron chi connectivity index (χ0n) is 11.1. The number of aromatic amines is 1. The Balaban J connectivity index is 2.07. The molecule has 0 saturated carbocycles. The van der Waals surface area contributed by atoms with E-state index in [1.807, 2.05) is 0 Å². The van der Waals surface area contributed by atoms with Gasteiger partial charge in [-0.1, -0.05) is 6.92 Å². The molecule has 5 nitrogen and oxygen atoms in total. The van der Waals surface area contributed by atoms with Crippen LogP contribution in [0.1, 0.15) is 26.7 Å². The van der Waals surface area contributed by atoms with Crippen LogP contribution in [-0.4, -0.2) is 35.6 Å². The highest BCUT2D eigenvalue weighted by molar-refractivity contribution is 5.35. The second-order valence-electron chi connectivity index (χ2n) is 4.94. The van der Waals surface area contributed by atoms with Crippen LogP contribution in [0, 0.1) is 5.92 Å². The van der Waals surface area contributed by atoms with E-state index >= 15 is 0 Å². The van der Waals surface area contributed by atoms with Crippen LogP contribution in [-0.2, 0) is 0 Å². The van der Waals surface area contributed by atoms with Gasteiger partial charge in [0.05, 0.1) is 0 Å². The summed E-state index contributed by atoms with van der Waals surface area (Å²) in [5, 5.41) is 3.47. The third kappa shape index (κ3) is 2.90. The maximum atomic E-state index is 11.7. The Morgan fingerprint density at radius 1 is 1.67 bits per heavy atom. The molecule has 1 fully saturated rings. The zero-order valence-corrected chi connectivity index (χ0v) is 11.1. The standard InChI is InChI=1S/C13H22N4O/c1-3-14-10(2)11-5-4-8-17(9-11)12-13(18)16-7-6-15-12/h6-7,10-11,14H,3-5,8-9H2,1-2H3,(H,16,18). The molecule has 1 saturated heterocycles. The predicted octanol–water partition coefficient (Wildman–Crippen LogP) is 0.984. The van der Waals surface area contributed by atoms with E-state index in [9.17, 15) is 4.79 Å². The van der Waals surface area contributed by atoms with E-state index in [2.05, 4.69) is 34.0 Å². The van der Waals surface area contributed by atoms with Crippen molar-refractivity contribution < 1.29 is 0 Å². The molecule has 5 heteroatoms. The van der Waals surface area contributed by atoms with Gasteiger partial charge in [0.1, 0.15) is 0 Å². The third-order valence-electron chi connectivity index (χ3n) is 3.68. The van der Waals surface area contributed by atoms with Crippen molar-refractivity contribution in [1.82, 2.24) is 15.3 Å². The summed E-state index contributed by atoms with van der Waals surface area (Å²) in [5.74, 6) is 1.14. The van der Waals surface area contributed by atoms with Gasteiger partial charge >= 0.3 is 0 Å². The normalized spacial score (nSPS) is 21.9. The second-order valence-corrected chi connectivity index (χ2v) is 4.94. The number of aromatic nitrogens is 2. The van der Waals surface area contributed by atoms with E-state index in [0.717, 1.165) is 26.1 Å². The molecule has 2 rings (SSSR count). The van der Waals surface area contributed by atoms with E-state index in [4.69, 9.17) is 0 Å². The van der Waals surface area contributed by atoms with Gasteiger partial charge in [0.15, 0.2) is 5.82 Å². The molecule has 2 N–H and O–H groups in total. The molecule has 0 aliphatic carbocycles. The van der Waals surface area contributed by atoms with Crippen LogP contribution < -0.4 is 15.8 Å². The molecule has 0 spiro atoms. The molecule has 0 bridgehead atoms. The van der Waals surface area contributed by atoms with Crippen LogP contribution in [0.15, 0.2) is 17.2 Å². The summed E-state index contributed by atoms with van der Waals surface area (Å²) in [6.07, 6.45) is 5.56. The number of nitrogens with one attached hydrogen (secondary N) is 2. The number of anilines is 1. The van der Waals surface area contributed by atoms with Crippen LogP contribution in [0.3, 0.4) is 0 Å². The average Bonchev–Trinajstić information content (AvgIpc) is 2.40. The summed E-state index contributed by atoms with van der Waals surface area (Å²) in [6, 6.07) is 0.487. The van der Waals surface area contributed by atoms with Gasteiger partial charge in [-0.15, -0.1) is 0 Å². The first-order chi connectivity index (χ1) is 8.72. The molecule has 0 radical (unpaired) electrons. The Bertz CT molecular complexity index is 431. The molecule has 2 atom stereocenters. The van der Waals surface area contributed by atoms with Crippen molar-refractivity contribution in [1.29, 1.82) is 0 Å². The number of piperidine rings is 1. The minimum Gasteiger partial charge on any atom is -0.352 e. The first kappa shape index (κ1) is 13.1. The number of hydrogen-bond acceptors (Lipinski definition) is 4. The summed E-state index contributed by atoms with van der Waals surface area (Å²) in [7, 11) is 0. The Morgan fingerprint density at radius 2 is 2.50 bits per heavy atom. The number of hydrogen-bond donors (Lipinski definition) is 2. The van der Waals surface area contributed by atoms with Crippen LogP contribution in [0.5, 0.6) is 0 Å². The van der Waals surface area contributed by atoms with E-state index in [1.165, 1.54) is 6.42 Å². The van der Waals surface area contributed by atoms with Gasteiger partial charge in [-0.25, -0.2) is 4.98 Å². The van der Waals surface area contributed by atoms with Gasteiger partial charge in [0, 0.05) is 31.5 Å². The predicted molar refractivity (Wildman–Crippen MR) is 72.9 cm³/mol. The third-order valence-corrected chi connectivity index (χ3v) is 3.68. The summed E-state index contributed by atoms with van der Waals surface area (Å²) in [5.41, 5.74) is -0.0887. The largest absolute Gasteiger partial charge is 0.352 e. The summed E-state index contributed by atoms with van der Waals surface area (Å²) < 4.78 is 0. The van der Waals surface area contributed by atoms with E-state index < -0.39 is 0 Å². The van der Waals surface area contributed by atoms with Crippen molar-refractivity contribution in [2.45, 2.75) is 32.7 Å². The van der Waals surface area contributed by atoms with Crippen molar-refractivity contribution in [3.05, 3.63) is 22.7 Å². The Morgan fingerprint density at radius 3 is 3.22 bits per heavy atom. The quantitative estimate of drug-likeness (QED) is 0.836. The minimum atomic E-state index is -0.0887. The van der Waals surface area contributed by atoms with E-state index in [0.29, 0.717) is 17.8 Å². The number of rotatable bonds is 4. The Kier molecular flexibility index (Phi) is 4.36. The second kappa shape index (κ2) is 6.00. The Labute approximate surface area is 108 Å². The fourth-order valence-electron chi connectivity index (χ4n) is 2.67. The molecular weight excluding hydrogens is 228 g/mol. The van der Waals surface area contributed by atoms with Gasteiger partial charge < -0.3 is 15.2 Å². The summed E-state index contributed by atoms with van der Waals surface area (Å²) in [4.78, 5) is 20.8. The van der Waals surface area contributed by atoms with Crippen molar-refractivity contribution in [2.24, 2.45) is 5.92 Å². The fourth-order valence-corrected chi connectivity index (χ4v) is 2.67. The van der Waals surface area contributed by atoms with Crippen LogP contribution >= 0.6 is 0 Å². The zero-order chi connectivity index (χ0) is 13.0. The maximum Gasteiger partial charge on any atom is 0.290 e. The van der Waals surface area contributed by atoms with Gasteiger partial charge in [-0.3, -0.25) is 4.79 Å². The molecule has 2 unspecified atom stereocenters. The highest BCUT2D eigenvalue weighted by Crippen LogP contribution is 2.21.